The molecule has 0 heterocycles. The summed E-state index contributed by atoms with van der Waals surface area (Å²) < 4.78 is 5.76. The first-order valence-electron chi connectivity index (χ1n) is 7.64. The van der Waals surface area contributed by atoms with E-state index in [1.54, 1.807) is 7.11 Å². The van der Waals surface area contributed by atoms with Gasteiger partial charge in [-0.1, -0.05) is 67.9 Å². The van der Waals surface area contributed by atoms with Gasteiger partial charge < -0.3 is 10.1 Å². The molecule has 0 fully saturated rings. The Morgan fingerprint density at radius 1 is 0.952 bits per heavy atom. The first kappa shape index (κ1) is 15.7. The first-order chi connectivity index (χ1) is 10.3. The van der Waals surface area contributed by atoms with E-state index in [2.05, 4.69) is 60.8 Å². The van der Waals surface area contributed by atoms with Crippen LogP contribution in [0.2, 0.25) is 0 Å². The summed E-state index contributed by atoms with van der Waals surface area (Å²) in [5.41, 5.74) is 3.84. The predicted molar refractivity (Wildman–Crippen MR) is 88.4 cm³/mol. The summed E-state index contributed by atoms with van der Waals surface area (Å²) in [5.74, 6) is 0. The van der Waals surface area contributed by atoms with Gasteiger partial charge in [-0.05, 0) is 30.2 Å². The van der Waals surface area contributed by atoms with Gasteiger partial charge in [0.25, 0.3) is 0 Å². The van der Waals surface area contributed by atoms with E-state index in [4.69, 9.17) is 4.74 Å². The summed E-state index contributed by atoms with van der Waals surface area (Å²) in [6, 6.07) is 19.4. The highest BCUT2D eigenvalue weighted by Crippen LogP contribution is 2.31. The van der Waals surface area contributed by atoms with Gasteiger partial charge in [0.2, 0.25) is 0 Å². The van der Waals surface area contributed by atoms with E-state index in [9.17, 15) is 0 Å². The maximum Gasteiger partial charge on any atom is 0.102 e. The van der Waals surface area contributed by atoms with Gasteiger partial charge >= 0.3 is 0 Å². The van der Waals surface area contributed by atoms with Gasteiger partial charge in [0.1, 0.15) is 6.10 Å². The normalized spacial score (nSPS) is 13.9. The molecule has 0 amide bonds. The third kappa shape index (κ3) is 3.93. The number of benzene rings is 2. The van der Waals surface area contributed by atoms with Gasteiger partial charge in [-0.2, -0.15) is 0 Å². The van der Waals surface area contributed by atoms with Crippen molar-refractivity contribution in [2.45, 2.75) is 31.9 Å². The van der Waals surface area contributed by atoms with E-state index in [-0.39, 0.29) is 12.1 Å². The van der Waals surface area contributed by atoms with Crippen molar-refractivity contribution in [3.8, 4) is 0 Å². The van der Waals surface area contributed by atoms with Gasteiger partial charge in [0.05, 0.1) is 6.04 Å². The zero-order valence-electron chi connectivity index (χ0n) is 13.2. The van der Waals surface area contributed by atoms with Crippen molar-refractivity contribution >= 4 is 0 Å². The Morgan fingerprint density at radius 3 is 2.14 bits per heavy atom. The van der Waals surface area contributed by atoms with E-state index in [0.717, 1.165) is 6.42 Å². The number of aryl methyl sites for hydroxylation is 1. The number of likely N-dealkylation sites (N-methyl/N-ethyl adjacent to an activating group) is 1. The minimum absolute atomic E-state index is 0.00762. The lowest BCUT2D eigenvalue weighted by Crippen LogP contribution is -2.25. The molecule has 0 saturated heterocycles. The van der Waals surface area contributed by atoms with Gasteiger partial charge in [0.15, 0.2) is 0 Å². The second-order valence-corrected chi connectivity index (χ2v) is 5.32. The number of ether oxygens (including phenoxy) is 1. The Hall–Kier alpha value is -1.64. The molecule has 2 aromatic rings. The number of nitrogens with one attached hydrogen (secondary N) is 1. The summed E-state index contributed by atoms with van der Waals surface area (Å²) in [5, 5.41) is 3.39. The Labute approximate surface area is 128 Å². The Kier molecular flexibility index (Phi) is 5.97. The highest BCUT2D eigenvalue weighted by Gasteiger charge is 2.23. The third-order valence-electron chi connectivity index (χ3n) is 3.87. The van der Waals surface area contributed by atoms with Crippen LogP contribution in [0.1, 0.15) is 42.2 Å². The molecule has 21 heavy (non-hydrogen) atoms. The SMILES string of the molecule is CCCc1ccc(C(NC)C(OC)c2ccccc2)cc1. The molecule has 0 bridgehead atoms. The third-order valence-corrected chi connectivity index (χ3v) is 3.87. The van der Waals surface area contributed by atoms with Crippen LogP contribution in [0.3, 0.4) is 0 Å². The van der Waals surface area contributed by atoms with Crippen LogP contribution in [0.15, 0.2) is 54.6 Å². The molecular weight excluding hydrogens is 258 g/mol. The lowest BCUT2D eigenvalue weighted by atomic mass is 9.94. The Morgan fingerprint density at radius 2 is 1.62 bits per heavy atom. The van der Waals surface area contributed by atoms with Crippen LogP contribution < -0.4 is 5.32 Å². The van der Waals surface area contributed by atoms with Crippen molar-refractivity contribution in [3.05, 3.63) is 71.3 Å². The van der Waals surface area contributed by atoms with Crippen LogP contribution in [0, 0.1) is 0 Å². The molecule has 2 atom stereocenters. The molecular formula is C19H25NO. The number of hydrogen-bond acceptors (Lipinski definition) is 2. The molecule has 0 aliphatic carbocycles. The average molecular weight is 283 g/mol. The molecule has 2 rings (SSSR count). The molecule has 0 aliphatic rings. The fourth-order valence-corrected chi connectivity index (χ4v) is 2.78. The fourth-order valence-electron chi connectivity index (χ4n) is 2.78. The largest absolute Gasteiger partial charge is 0.375 e. The molecule has 2 heteroatoms. The fraction of sp³-hybridized carbons (Fsp3) is 0.368. The van der Waals surface area contributed by atoms with Crippen LogP contribution >= 0.6 is 0 Å². The quantitative estimate of drug-likeness (QED) is 0.818. The smallest absolute Gasteiger partial charge is 0.102 e. The van der Waals surface area contributed by atoms with Crippen LogP contribution in [0.4, 0.5) is 0 Å². The second-order valence-electron chi connectivity index (χ2n) is 5.32. The molecule has 2 aromatic carbocycles. The van der Waals surface area contributed by atoms with E-state index in [1.807, 2.05) is 13.1 Å². The molecule has 2 unspecified atom stereocenters. The van der Waals surface area contributed by atoms with Crippen LogP contribution in [-0.4, -0.2) is 14.2 Å². The van der Waals surface area contributed by atoms with Crippen molar-refractivity contribution in [2.75, 3.05) is 14.2 Å². The molecule has 0 saturated carbocycles. The molecule has 0 aliphatic heterocycles. The van der Waals surface area contributed by atoms with Crippen molar-refractivity contribution < 1.29 is 4.74 Å². The zero-order chi connectivity index (χ0) is 15.1. The Bertz CT molecular complexity index is 521. The van der Waals surface area contributed by atoms with Crippen molar-refractivity contribution in [1.82, 2.24) is 5.32 Å². The number of rotatable bonds is 7. The van der Waals surface area contributed by atoms with Gasteiger partial charge in [0, 0.05) is 7.11 Å². The minimum atomic E-state index is 0.00762. The van der Waals surface area contributed by atoms with Crippen molar-refractivity contribution in [3.63, 3.8) is 0 Å². The summed E-state index contributed by atoms with van der Waals surface area (Å²) >= 11 is 0. The number of hydrogen-bond donors (Lipinski definition) is 1. The first-order valence-corrected chi connectivity index (χ1v) is 7.64. The summed E-state index contributed by atoms with van der Waals surface area (Å²) in [6.07, 6.45) is 2.32. The van der Waals surface area contributed by atoms with Crippen molar-refractivity contribution in [2.24, 2.45) is 0 Å². The zero-order valence-corrected chi connectivity index (χ0v) is 13.2. The minimum Gasteiger partial charge on any atom is -0.375 e. The summed E-state index contributed by atoms with van der Waals surface area (Å²) in [4.78, 5) is 0. The molecule has 1 N–H and O–H groups in total. The van der Waals surface area contributed by atoms with E-state index >= 15 is 0 Å². The predicted octanol–water partition coefficient (Wildman–Crippen LogP) is 4.29. The molecule has 0 spiro atoms. The monoisotopic (exact) mass is 283 g/mol. The molecule has 2 nitrogen and oxygen atoms in total. The van der Waals surface area contributed by atoms with Crippen LogP contribution in [0.25, 0.3) is 0 Å². The molecule has 112 valence electrons. The lowest BCUT2D eigenvalue weighted by Gasteiger charge is -2.26. The van der Waals surface area contributed by atoms with Crippen LogP contribution in [-0.2, 0) is 11.2 Å². The van der Waals surface area contributed by atoms with E-state index < -0.39 is 0 Å². The van der Waals surface area contributed by atoms with Gasteiger partial charge in [-0.25, -0.2) is 0 Å². The number of methoxy groups -OCH3 is 1. The topological polar surface area (TPSA) is 21.3 Å². The van der Waals surface area contributed by atoms with Gasteiger partial charge in [-0.15, -0.1) is 0 Å². The second kappa shape index (κ2) is 7.96. The maximum atomic E-state index is 5.76. The maximum absolute atomic E-state index is 5.76. The van der Waals surface area contributed by atoms with E-state index in [1.165, 1.54) is 23.1 Å². The Balaban J connectivity index is 2.24. The van der Waals surface area contributed by atoms with Crippen LogP contribution in [0.5, 0.6) is 0 Å². The summed E-state index contributed by atoms with van der Waals surface area (Å²) in [7, 11) is 3.76. The van der Waals surface area contributed by atoms with Crippen molar-refractivity contribution in [1.29, 1.82) is 0 Å². The summed E-state index contributed by atoms with van der Waals surface area (Å²) in [6.45, 7) is 2.21. The van der Waals surface area contributed by atoms with E-state index in [0.29, 0.717) is 0 Å². The standard InChI is InChI=1S/C19H25NO/c1-4-8-15-11-13-16(14-12-15)18(20-2)19(21-3)17-9-6-5-7-10-17/h5-7,9-14,18-20H,4,8H2,1-3H3. The average Bonchev–Trinajstić information content (AvgIpc) is 2.54. The highest BCUT2D eigenvalue weighted by molar-refractivity contribution is 5.29. The highest BCUT2D eigenvalue weighted by atomic mass is 16.5. The molecule has 0 radical (unpaired) electrons. The van der Waals surface area contributed by atoms with Gasteiger partial charge in [-0.3, -0.25) is 0 Å². The lowest BCUT2D eigenvalue weighted by molar-refractivity contribution is 0.0702. The molecule has 0 aromatic heterocycles.